The molecule has 0 spiro atoms. The zero-order valence-electron chi connectivity index (χ0n) is 18.0. The molecule has 158 valence electrons. The van der Waals surface area contributed by atoms with Crippen molar-refractivity contribution < 1.29 is 0 Å². The zero-order valence-corrected chi connectivity index (χ0v) is 18.0. The molecule has 4 heteroatoms. The maximum Gasteiger partial charge on any atom is 0.0233 e. The lowest BCUT2D eigenvalue weighted by Crippen LogP contribution is -2.40. The Morgan fingerprint density at radius 1 is 0.724 bits per heavy atom. The number of hydrogen-bond acceptors (Lipinski definition) is 4. The molecular weight excluding hydrogens is 356 g/mol. The first kappa shape index (κ1) is 22.0. The molecule has 29 heavy (non-hydrogen) atoms. The summed E-state index contributed by atoms with van der Waals surface area (Å²) in [7, 11) is 2.07. The molecule has 4 nitrogen and oxygen atoms in total. The largest absolute Gasteiger partial charge is 0.328 e. The van der Waals surface area contributed by atoms with E-state index >= 15 is 0 Å². The molecule has 2 aliphatic rings. The van der Waals surface area contributed by atoms with Crippen molar-refractivity contribution in [2.24, 2.45) is 5.73 Å². The Kier molecular flexibility index (Phi) is 9.16. The van der Waals surface area contributed by atoms with Gasteiger partial charge in [-0.3, -0.25) is 9.80 Å². The van der Waals surface area contributed by atoms with Gasteiger partial charge in [0.15, 0.2) is 0 Å². The van der Waals surface area contributed by atoms with Crippen LogP contribution in [0, 0.1) is 0 Å². The molecule has 0 radical (unpaired) electrons. The summed E-state index contributed by atoms with van der Waals surface area (Å²) in [6.07, 6.45) is 4.85. The molecule has 0 aliphatic carbocycles. The van der Waals surface area contributed by atoms with Crippen LogP contribution in [0.3, 0.4) is 0 Å². The Balaban J connectivity index is 0.000000166. The summed E-state index contributed by atoms with van der Waals surface area (Å²) in [6.45, 7) is 6.93. The molecule has 2 aliphatic heterocycles. The Labute approximate surface area is 177 Å². The van der Waals surface area contributed by atoms with E-state index in [1.54, 1.807) is 0 Å². The van der Waals surface area contributed by atoms with Crippen LogP contribution in [0.4, 0.5) is 0 Å². The monoisotopic (exact) mass is 394 g/mol. The van der Waals surface area contributed by atoms with Gasteiger partial charge in [0, 0.05) is 25.2 Å². The van der Waals surface area contributed by atoms with Gasteiger partial charge in [-0.2, -0.15) is 0 Å². The van der Waals surface area contributed by atoms with E-state index in [2.05, 4.69) is 82.8 Å². The maximum atomic E-state index is 5.86. The molecule has 0 aromatic heterocycles. The Morgan fingerprint density at radius 3 is 1.55 bits per heavy atom. The fourth-order valence-corrected chi connectivity index (χ4v) is 4.17. The summed E-state index contributed by atoms with van der Waals surface area (Å²) in [4.78, 5) is 5.03. The third kappa shape index (κ3) is 7.90. The smallest absolute Gasteiger partial charge is 0.0233 e. The number of nitrogens with one attached hydrogen (secondary N) is 1. The van der Waals surface area contributed by atoms with E-state index in [0.29, 0.717) is 6.04 Å². The number of benzene rings is 2. The lowest BCUT2D eigenvalue weighted by molar-refractivity contribution is 0.194. The second-order valence-corrected chi connectivity index (χ2v) is 8.42. The van der Waals surface area contributed by atoms with E-state index in [0.717, 1.165) is 45.1 Å². The molecule has 2 fully saturated rings. The quantitative estimate of drug-likeness (QED) is 0.815. The lowest BCUT2D eigenvalue weighted by atomic mass is 10.0. The van der Waals surface area contributed by atoms with Crippen molar-refractivity contribution in [3.8, 4) is 0 Å². The first-order chi connectivity index (χ1) is 14.2. The van der Waals surface area contributed by atoms with Gasteiger partial charge in [0.25, 0.3) is 0 Å². The van der Waals surface area contributed by atoms with Crippen molar-refractivity contribution in [3.63, 3.8) is 0 Å². The molecule has 2 aromatic carbocycles. The van der Waals surface area contributed by atoms with Crippen LogP contribution in [-0.4, -0.2) is 55.1 Å². The van der Waals surface area contributed by atoms with Crippen molar-refractivity contribution in [3.05, 3.63) is 71.8 Å². The van der Waals surface area contributed by atoms with Crippen LogP contribution in [-0.2, 0) is 13.1 Å². The summed E-state index contributed by atoms with van der Waals surface area (Å²) in [5.74, 6) is 0. The van der Waals surface area contributed by atoms with Gasteiger partial charge in [0.05, 0.1) is 0 Å². The van der Waals surface area contributed by atoms with Gasteiger partial charge in [-0.15, -0.1) is 0 Å². The number of piperidine rings is 2. The fraction of sp³-hybridized carbons (Fsp3) is 0.520. The minimum absolute atomic E-state index is 0.432. The van der Waals surface area contributed by atoms with Gasteiger partial charge >= 0.3 is 0 Å². The van der Waals surface area contributed by atoms with Gasteiger partial charge in [0.2, 0.25) is 0 Å². The molecule has 0 unspecified atom stereocenters. The molecule has 3 N–H and O–H groups in total. The number of nitrogens with zero attached hydrogens (tertiary/aromatic N) is 2. The minimum Gasteiger partial charge on any atom is -0.328 e. The van der Waals surface area contributed by atoms with Crippen molar-refractivity contribution in [1.82, 2.24) is 15.1 Å². The molecule has 2 heterocycles. The predicted molar refractivity (Wildman–Crippen MR) is 123 cm³/mol. The number of rotatable bonds is 5. The van der Waals surface area contributed by atoms with Crippen molar-refractivity contribution in [2.75, 3.05) is 33.2 Å². The first-order valence-electron chi connectivity index (χ1n) is 11.2. The Bertz CT molecular complexity index is 660. The lowest BCUT2D eigenvalue weighted by Gasteiger charge is -2.31. The summed E-state index contributed by atoms with van der Waals surface area (Å²) in [5.41, 5.74) is 8.70. The van der Waals surface area contributed by atoms with Crippen LogP contribution in [0.25, 0.3) is 0 Å². The highest BCUT2D eigenvalue weighted by Crippen LogP contribution is 2.13. The summed E-state index contributed by atoms with van der Waals surface area (Å²) in [6, 6.07) is 22.6. The van der Waals surface area contributed by atoms with Gasteiger partial charge in [-0.1, -0.05) is 60.7 Å². The third-order valence-electron chi connectivity index (χ3n) is 6.13. The van der Waals surface area contributed by atoms with Gasteiger partial charge in [-0.05, 0) is 70.0 Å². The SMILES string of the molecule is CNC1CCN(Cc2ccccc2)CC1.NC1CCN(Cc2ccccc2)CC1. The highest BCUT2D eigenvalue weighted by atomic mass is 15.1. The van der Waals surface area contributed by atoms with Gasteiger partial charge < -0.3 is 11.1 Å². The standard InChI is InChI=1S/C13H20N2.C12H18N2/c1-14-13-7-9-15(10-8-13)11-12-5-3-2-4-6-12;13-12-6-8-14(9-7-12)10-11-4-2-1-3-5-11/h2-6,13-14H,7-11H2,1H3;1-5,12H,6-10,13H2. The number of likely N-dealkylation sites (tertiary alicyclic amines) is 2. The van der Waals surface area contributed by atoms with E-state index in [4.69, 9.17) is 5.73 Å². The van der Waals surface area contributed by atoms with E-state index in [9.17, 15) is 0 Å². The molecule has 0 saturated carbocycles. The van der Waals surface area contributed by atoms with Crippen LogP contribution in [0.2, 0.25) is 0 Å². The van der Waals surface area contributed by atoms with Crippen molar-refractivity contribution in [2.45, 2.75) is 50.9 Å². The highest BCUT2D eigenvalue weighted by Gasteiger charge is 2.17. The maximum absolute atomic E-state index is 5.86. The van der Waals surface area contributed by atoms with Crippen LogP contribution in [0.1, 0.15) is 36.8 Å². The molecule has 2 aromatic rings. The van der Waals surface area contributed by atoms with E-state index < -0.39 is 0 Å². The molecule has 2 saturated heterocycles. The summed E-state index contributed by atoms with van der Waals surface area (Å²) >= 11 is 0. The van der Waals surface area contributed by atoms with Gasteiger partial charge in [-0.25, -0.2) is 0 Å². The van der Waals surface area contributed by atoms with Crippen LogP contribution < -0.4 is 11.1 Å². The van der Waals surface area contributed by atoms with Gasteiger partial charge in [0.1, 0.15) is 0 Å². The highest BCUT2D eigenvalue weighted by molar-refractivity contribution is 5.15. The number of hydrogen-bond donors (Lipinski definition) is 2. The average Bonchev–Trinajstić information content (AvgIpc) is 2.78. The van der Waals surface area contributed by atoms with Crippen LogP contribution >= 0.6 is 0 Å². The normalized spacial score (nSPS) is 19.5. The third-order valence-corrected chi connectivity index (χ3v) is 6.13. The van der Waals surface area contributed by atoms with E-state index in [-0.39, 0.29) is 0 Å². The summed E-state index contributed by atoms with van der Waals surface area (Å²) in [5, 5.41) is 3.36. The summed E-state index contributed by atoms with van der Waals surface area (Å²) < 4.78 is 0. The van der Waals surface area contributed by atoms with Crippen molar-refractivity contribution >= 4 is 0 Å². The zero-order chi connectivity index (χ0) is 20.3. The van der Waals surface area contributed by atoms with Crippen LogP contribution in [0.5, 0.6) is 0 Å². The molecule has 0 amide bonds. The second-order valence-electron chi connectivity index (χ2n) is 8.42. The second kappa shape index (κ2) is 12.1. The number of nitrogens with two attached hydrogens (primary N) is 1. The van der Waals surface area contributed by atoms with Crippen LogP contribution in [0.15, 0.2) is 60.7 Å². The predicted octanol–water partition coefficient (Wildman–Crippen LogP) is 3.48. The Hall–Kier alpha value is -1.72. The molecular formula is C25H38N4. The topological polar surface area (TPSA) is 44.5 Å². The minimum atomic E-state index is 0.432. The fourth-order valence-electron chi connectivity index (χ4n) is 4.17. The van der Waals surface area contributed by atoms with E-state index in [1.165, 1.54) is 37.1 Å². The molecule has 4 rings (SSSR count). The van der Waals surface area contributed by atoms with E-state index in [1.807, 2.05) is 0 Å². The molecule has 0 bridgehead atoms. The molecule has 0 atom stereocenters. The average molecular weight is 395 g/mol. The first-order valence-corrected chi connectivity index (χ1v) is 11.2. The van der Waals surface area contributed by atoms with Crippen molar-refractivity contribution in [1.29, 1.82) is 0 Å². The Morgan fingerprint density at radius 2 is 1.14 bits per heavy atom.